The lowest BCUT2D eigenvalue weighted by Gasteiger charge is -2.32. The predicted octanol–water partition coefficient (Wildman–Crippen LogP) is 1.65. The summed E-state index contributed by atoms with van der Waals surface area (Å²) in [5, 5.41) is 2.65. The molecule has 1 heterocycles. The molecule has 1 aromatic carbocycles. The van der Waals surface area contributed by atoms with E-state index in [-0.39, 0.29) is 17.1 Å². The minimum atomic E-state index is -0.440. The fourth-order valence-corrected chi connectivity index (χ4v) is 2.26. The van der Waals surface area contributed by atoms with E-state index in [1.54, 1.807) is 7.05 Å². The topological polar surface area (TPSA) is 47.6 Å². The lowest BCUT2D eigenvalue weighted by atomic mass is 9.75. The highest BCUT2D eigenvalue weighted by molar-refractivity contribution is 6.62. The monoisotopic (exact) mass is 275 g/mol. The third kappa shape index (κ3) is 2.36. The zero-order valence-corrected chi connectivity index (χ0v) is 13.0. The van der Waals surface area contributed by atoms with Crippen LogP contribution in [-0.4, -0.2) is 31.3 Å². The van der Waals surface area contributed by atoms with E-state index in [4.69, 9.17) is 9.31 Å². The van der Waals surface area contributed by atoms with Crippen LogP contribution in [0.2, 0.25) is 0 Å². The van der Waals surface area contributed by atoms with Gasteiger partial charge in [0.2, 0.25) is 0 Å². The number of hydrogen-bond donors (Lipinski definition) is 1. The Hall–Kier alpha value is -1.33. The molecule has 0 saturated carbocycles. The third-order valence-electron chi connectivity index (χ3n) is 4.35. The first kappa shape index (κ1) is 15.1. The first-order chi connectivity index (χ1) is 9.19. The van der Waals surface area contributed by atoms with Crippen LogP contribution in [0.1, 0.15) is 43.6 Å². The van der Waals surface area contributed by atoms with Gasteiger partial charge < -0.3 is 14.6 Å². The Bertz CT molecular complexity index is 524. The van der Waals surface area contributed by atoms with Gasteiger partial charge in [-0.1, -0.05) is 12.1 Å². The highest BCUT2D eigenvalue weighted by atomic mass is 16.7. The van der Waals surface area contributed by atoms with Crippen LogP contribution in [0.4, 0.5) is 0 Å². The molecule has 0 radical (unpaired) electrons. The Morgan fingerprint density at radius 2 is 1.70 bits per heavy atom. The summed E-state index contributed by atoms with van der Waals surface area (Å²) in [5.41, 5.74) is 1.69. The zero-order valence-electron chi connectivity index (χ0n) is 13.0. The average Bonchev–Trinajstić information content (AvgIpc) is 2.57. The van der Waals surface area contributed by atoms with Crippen molar-refractivity contribution in [1.29, 1.82) is 0 Å². The number of hydrogen-bond acceptors (Lipinski definition) is 3. The molecule has 1 aliphatic heterocycles. The number of carbonyl (C=O) groups is 1. The Labute approximate surface area is 121 Å². The van der Waals surface area contributed by atoms with Crippen molar-refractivity contribution in [2.24, 2.45) is 0 Å². The Morgan fingerprint density at radius 1 is 1.15 bits per heavy atom. The Kier molecular flexibility index (Phi) is 3.69. The molecule has 20 heavy (non-hydrogen) atoms. The van der Waals surface area contributed by atoms with Crippen molar-refractivity contribution >= 4 is 18.5 Å². The minimum absolute atomic E-state index is 0.0964. The molecule has 0 aromatic heterocycles. The molecule has 1 amide bonds. The molecule has 2 rings (SSSR count). The lowest BCUT2D eigenvalue weighted by Crippen LogP contribution is -2.41. The first-order valence-corrected chi connectivity index (χ1v) is 6.87. The summed E-state index contributed by atoms with van der Waals surface area (Å²) in [5.74, 6) is -0.0964. The number of amides is 1. The van der Waals surface area contributed by atoms with Gasteiger partial charge in [0.25, 0.3) is 5.91 Å². The van der Waals surface area contributed by atoms with Gasteiger partial charge in [0.1, 0.15) is 0 Å². The number of benzene rings is 1. The van der Waals surface area contributed by atoms with Crippen LogP contribution in [0, 0.1) is 6.92 Å². The van der Waals surface area contributed by atoms with Gasteiger partial charge in [0.15, 0.2) is 0 Å². The van der Waals surface area contributed by atoms with Gasteiger partial charge >= 0.3 is 7.12 Å². The molecule has 1 fully saturated rings. The highest BCUT2D eigenvalue weighted by Gasteiger charge is 2.52. The fraction of sp³-hybridized carbons (Fsp3) is 0.533. The number of carbonyl (C=O) groups excluding carboxylic acids is 1. The molecule has 0 aliphatic carbocycles. The molecule has 1 N–H and O–H groups in total. The van der Waals surface area contributed by atoms with Crippen LogP contribution in [0.25, 0.3) is 0 Å². The van der Waals surface area contributed by atoms with Crippen molar-refractivity contribution in [3.05, 3.63) is 29.3 Å². The van der Waals surface area contributed by atoms with Gasteiger partial charge in [-0.15, -0.1) is 0 Å². The molecule has 0 unspecified atom stereocenters. The fourth-order valence-electron chi connectivity index (χ4n) is 2.26. The molecule has 1 saturated heterocycles. The normalized spacial score (nSPS) is 20.0. The van der Waals surface area contributed by atoms with Gasteiger partial charge in [-0.3, -0.25) is 4.79 Å². The van der Waals surface area contributed by atoms with Crippen molar-refractivity contribution in [2.75, 3.05) is 7.05 Å². The zero-order chi connectivity index (χ0) is 15.1. The van der Waals surface area contributed by atoms with Crippen LogP contribution < -0.4 is 10.8 Å². The van der Waals surface area contributed by atoms with E-state index in [0.29, 0.717) is 5.56 Å². The Morgan fingerprint density at radius 3 is 2.20 bits per heavy atom. The van der Waals surface area contributed by atoms with Gasteiger partial charge in [-0.05, 0) is 51.7 Å². The standard InChI is InChI=1S/C15H22BNO3/c1-10-11(13(18)17-6)8-7-9-12(10)16-19-14(2,3)15(4,5)20-16/h7-9H,1-6H3,(H,17,18). The second-order valence-corrected chi connectivity index (χ2v) is 6.19. The summed E-state index contributed by atoms with van der Waals surface area (Å²) in [7, 11) is 1.19. The van der Waals surface area contributed by atoms with Gasteiger partial charge in [0.05, 0.1) is 11.2 Å². The van der Waals surface area contributed by atoms with E-state index in [1.165, 1.54) is 0 Å². The van der Waals surface area contributed by atoms with E-state index in [9.17, 15) is 4.79 Å². The predicted molar refractivity (Wildman–Crippen MR) is 80.3 cm³/mol. The highest BCUT2D eigenvalue weighted by Crippen LogP contribution is 2.36. The van der Waals surface area contributed by atoms with Crippen molar-refractivity contribution < 1.29 is 14.1 Å². The van der Waals surface area contributed by atoms with Crippen molar-refractivity contribution in [1.82, 2.24) is 5.32 Å². The summed E-state index contributed by atoms with van der Waals surface area (Å²) in [6, 6.07) is 5.62. The quantitative estimate of drug-likeness (QED) is 0.835. The molecular formula is C15H22BNO3. The van der Waals surface area contributed by atoms with Crippen LogP contribution >= 0.6 is 0 Å². The first-order valence-electron chi connectivity index (χ1n) is 6.87. The molecule has 0 spiro atoms. The van der Waals surface area contributed by atoms with E-state index in [0.717, 1.165) is 11.0 Å². The number of nitrogens with one attached hydrogen (secondary N) is 1. The van der Waals surface area contributed by atoms with E-state index in [1.807, 2.05) is 52.8 Å². The second kappa shape index (κ2) is 4.90. The van der Waals surface area contributed by atoms with E-state index >= 15 is 0 Å². The van der Waals surface area contributed by atoms with E-state index < -0.39 is 7.12 Å². The van der Waals surface area contributed by atoms with Gasteiger partial charge in [-0.25, -0.2) is 0 Å². The average molecular weight is 275 g/mol. The molecule has 108 valence electrons. The molecular weight excluding hydrogens is 253 g/mol. The maximum Gasteiger partial charge on any atom is 0.495 e. The SMILES string of the molecule is CNC(=O)c1cccc(B2OC(C)(C)C(C)(C)O2)c1C. The summed E-state index contributed by atoms with van der Waals surface area (Å²) < 4.78 is 12.1. The second-order valence-electron chi connectivity index (χ2n) is 6.19. The molecule has 0 atom stereocenters. The molecule has 1 aliphatic rings. The van der Waals surface area contributed by atoms with Gasteiger partial charge in [-0.2, -0.15) is 0 Å². The van der Waals surface area contributed by atoms with E-state index in [2.05, 4.69) is 5.32 Å². The van der Waals surface area contributed by atoms with Crippen molar-refractivity contribution in [2.45, 2.75) is 45.8 Å². The lowest BCUT2D eigenvalue weighted by molar-refractivity contribution is 0.00578. The maximum atomic E-state index is 11.9. The third-order valence-corrected chi connectivity index (χ3v) is 4.35. The van der Waals surface area contributed by atoms with Crippen LogP contribution in [0.5, 0.6) is 0 Å². The number of rotatable bonds is 2. The smallest absolute Gasteiger partial charge is 0.399 e. The molecule has 4 nitrogen and oxygen atoms in total. The van der Waals surface area contributed by atoms with Gasteiger partial charge in [0, 0.05) is 12.6 Å². The van der Waals surface area contributed by atoms with Crippen molar-refractivity contribution in [3.8, 4) is 0 Å². The maximum absolute atomic E-state index is 11.9. The summed E-state index contributed by atoms with van der Waals surface area (Å²) in [6.07, 6.45) is 0. The van der Waals surface area contributed by atoms with Crippen LogP contribution in [0.15, 0.2) is 18.2 Å². The largest absolute Gasteiger partial charge is 0.495 e. The summed E-state index contributed by atoms with van der Waals surface area (Å²) >= 11 is 0. The summed E-state index contributed by atoms with van der Waals surface area (Å²) in [4.78, 5) is 11.9. The molecule has 1 aromatic rings. The Balaban J connectivity index is 2.39. The van der Waals surface area contributed by atoms with Crippen LogP contribution in [0.3, 0.4) is 0 Å². The molecule has 0 bridgehead atoms. The van der Waals surface area contributed by atoms with Crippen molar-refractivity contribution in [3.63, 3.8) is 0 Å². The molecule has 5 heteroatoms. The minimum Gasteiger partial charge on any atom is -0.399 e. The summed E-state index contributed by atoms with van der Waals surface area (Å²) in [6.45, 7) is 10.00. The van der Waals surface area contributed by atoms with Crippen LogP contribution in [-0.2, 0) is 9.31 Å².